The molecule has 0 aromatic heterocycles. The SMILES string of the molecule is CCCC(C)C(=O)N(CCCN)c1ccccc1OC. The standard InChI is InChI=1S/C16H26N2O2/c1-4-8-13(2)16(19)18(12-7-11-17)14-9-5-6-10-15(14)20-3/h5-6,9-10,13H,4,7-8,11-12,17H2,1-3H3. The van der Waals surface area contributed by atoms with Crippen molar-refractivity contribution < 1.29 is 9.53 Å². The summed E-state index contributed by atoms with van der Waals surface area (Å²) in [5.74, 6) is 0.883. The first-order chi connectivity index (χ1) is 9.65. The Morgan fingerprint density at radius 1 is 1.40 bits per heavy atom. The maximum atomic E-state index is 12.6. The van der Waals surface area contributed by atoms with Crippen LogP contribution in [0.25, 0.3) is 0 Å². The number of nitrogens with two attached hydrogens (primary N) is 1. The van der Waals surface area contributed by atoms with Gasteiger partial charge in [0.2, 0.25) is 5.91 Å². The quantitative estimate of drug-likeness (QED) is 0.795. The van der Waals surface area contributed by atoms with Gasteiger partial charge in [0, 0.05) is 12.5 Å². The molecule has 0 bridgehead atoms. The number of carbonyl (C=O) groups excluding carboxylic acids is 1. The first-order valence-electron chi connectivity index (χ1n) is 7.30. The van der Waals surface area contributed by atoms with Crippen LogP contribution < -0.4 is 15.4 Å². The van der Waals surface area contributed by atoms with Crippen LogP contribution in [0.1, 0.15) is 33.1 Å². The Balaban J connectivity index is 3.01. The van der Waals surface area contributed by atoms with Crippen LogP contribution in [0.2, 0.25) is 0 Å². The first-order valence-corrected chi connectivity index (χ1v) is 7.30. The molecule has 20 heavy (non-hydrogen) atoms. The van der Waals surface area contributed by atoms with Crippen LogP contribution in [0.3, 0.4) is 0 Å². The Morgan fingerprint density at radius 3 is 2.70 bits per heavy atom. The second-order valence-corrected chi connectivity index (χ2v) is 4.99. The number of hydrogen-bond acceptors (Lipinski definition) is 3. The number of methoxy groups -OCH3 is 1. The number of amides is 1. The zero-order valence-electron chi connectivity index (χ0n) is 12.8. The molecule has 0 aliphatic carbocycles. The van der Waals surface area contributed by atoms with Crippen molar-refractivity contribution in [3.63, 3.8) is 0 Å². The minimum Gasteiger partial charge on any atom is -0.495 e. The van der Waals surface area contributed by atoms with E-state index in [1.165, 1.54) is 0 Å². The lowest BCUT2D eigenvalue weighted by Gasteiger charge is -2.27. The molecule has 0 radical (unpaired) electrons. The Bertz CT molecular complexity index is 421. The van der Waals surface area contributed by atoms with Crippen molar-refractivity contribution in [1.82, 2.24) is 0 Å². The Morgan fingerprint density at radius 2 is 2.10 bits per heavy atom. The number of carbonyl (C=O) groups is 1. The topological polar surface area (TPSA) is 55.6 Å². The molecule has 0 fully saturated rings. The molecule has 0 saturated carbocycles. The highest BCUT2D eigenvalue weighted by Gasteiger charge is 2.23. The Kier molecular flexibility index (Phi) is 7.09. The maximum absolute atomic E-state index is 12.6. The van der Waals surface area contributed by atoms with E-state index in [1.807, 2.05) is 36.1 Å². The van der Waals surface area contributed by atoms with Crippen molar-refractivity contribution in [2.24, 2.45) is 11.7 Å². The average molecular weight is 278 g/mol. The van der Waals surface area contributed by atoms with Gasteiger partial charge in [-0.2, -0.15) is 0 Å². The van der Waals surface area contributed by atoms with Gasteiger partial charge in [0.05, 0.1) is 12.8 Å². The molecule has 1 aromatic rings. The molecule has 4 nitrogen and oxygen atoms in total. The van der Waals surface area contributed by atoms with E-state index in [2.05, 4.69) is 6.92 Å². The fourth-order valence-corrected chi connectivity index (χ4v) is 2.27. The van der Waals surface area contributed by atoms with Gasteiger partial charge in [0.25, 0.3) is 0 Å². The van der Waals surface area contributed by atoms with Gasteiger partial charge < -0.3 is 15.4 Å². The predicted octanol–water partition coefficient (Wildman–Crippen LogP) is 2.81. The highest BCUT2D eigenvalue weighted by Crippen LogP contribution is 2.29. The molecule has 1 rings (SSSR count). The summed E-state index contributed by atoms with van der Waals surface area (Å²) in [6.07, 6.45) is 2.68. The van der Waals surface area contributed by atoms with E-state index in [9.17, 15) is 4.79 Å². The van der Waals surface area contributed by atoms with Crippen molar-refractivity contribution in [3.05, 3.63) is 24.3 Å². The fraction of sp³-hybridized carbons (Fsp3) is 0.562. The number of para-hydroxylation sites is 2. The van der Waals surface area contributed by atoms with Gasteiger partial charge in [-0.1, -0.05) is 32.4 Å². The first kappa shape index (κ1) is 16.5. The van der Waals surface area contributed by atoms with Gasteiger partial charge >= 0.3 is 0 Å². The molecule has 112 valence electrons. The van der Waals surface area contributed by atoms with E-state index in [-0.39, 0.29) is 11.8 Å². The normalized spacial score (nSPS) is 12.0. The number of anilines is 1. The third-order valence-electron chi connectivity index (χ3n) is 3.37. The van der Waals surface area contributed by atoms with Crippen LogP contribution in [0.5, 0.6) is 5.75 Å². The van der Waals surface area contributed by atoms with Gasteiger partial charge in [-0.15, -0.1) is 0 Å². The minimum atomic E-state index is 0.0164. The molecule has 1 unspecified atom stereocenters. The van der Waals surface area contributed by atoms with Gasteiger partial charge in [-0.3, -0.25) is 4.79 Å². The Hall–Kier alpha value is -1.55. The lowest BCUT2D eigenvalue weighted by atomic mass is 10.0. The molecule has 0 aliphatic rings. The van der Waals surface area contributed by atoms with E-state index in [0.717, 1.165) is 30.7 Å². The predicted molar refractivity (Wildman–Crippen MR) is 83.1 cm³/mol. The zero-order chi connectivity index (χ0) is 15.0. The lowest BCUT2D eigenvalue weighted by Crippen LogP contribution is -2.37. The van der Waals surface area contributed by atoms with Crippen molar-refractivity contribution >= 4 is 11.6 Å². The summed E-state index contributed by atoms with van der Waals surface area (Å²) in [5.41, 5.74) is 6.42. The van der Waals surface area contributed by atoms with Crippen LogP contribution in [-0.4, -0.2) is 26.1 Å². The largest absolute Gasteiger partial charge is 0.495 e. The molecular formula is C16H26N2O2. The maximum Gasteiger partial charge on any atom is 0.229 e. The third kappa shape index (κ3) is 4.23. The molecule has 2 N–H and O–H groups in total. The summed E-state index contributed by atoms with van der Waals surface area (Å²) in [4.78, 5) is 14.4. The molecule has 1 aromatic carbocycles. The number of rotatable bonds is 8. The monoisotopic (exact) mass is 278 g/mol. The highest BCUT2D eigenvalue weighted by atomic mass is 16.5. The van der Waals surface area contributed by atoms with Crippen molar-refractivity contribution in [3.8, 4) is 5.75 Å². The number of benzene rings is 1. The van der Waals surface area contributed by atoms with Crippen LogP contribution in [0, 0.1) is 5.92 Å². The fourth-order valence-electron chi connectivity index (χ4n) is 2.27. The molecule has 0 heterocycles. The summed E-state index contributed by atoms with van der Waals surface area (Å²) >= 11 is 0. The Labute approximate surface area is 121 Å². The van der Waals surface area contributed by atoms with Crippen LogP contribution >= 0.6 is 0 Å². The molecule has 1 atom stereocenters. The van der Waals surface area contributed by atoms with E-state index in [4.69, 9.17) is 10.5 Å². The van der Waals surface area contributed by atoms with Crippen molar-refractivity contribution in [1.29, 1.82) is 0 Å². The lowest BCUT2D eigenvalue weighted by molar-refractivity contribution is -0.122. The van der Waals surface area contributed by atoms with Gasteiger partial charge in [0.15, 0.2) is 0 Å². The van der Waals surface area contributed by atoms with Crippen LogP contribution in [-0.2, 0) is 4.79 Å². The highest BCUT2D eigenvalue weighted by molar-refractivity contribution is 5.96. The van der Waals surface area contributed by atoms with E-state index >= 15 is 0 Å². The molecule has 0 saturated heterocycles. The molecule has 0 aliphatic heterocycles. The summed E-state index contributed by atoms with van der Waals surface area (Å²) in [6, 6.07) is 7.63. The second-order valence-electron chi connectivity index (χ2n) is 4.99. The molecular weight excluding hydrogens is 252 g/mol. The number of hydrogen-bond donors (Lipinski definition) is 1. The molecule has 4 heteroatoms. The van der Waals surface area contributed by atoms with Crippen LogP contribution in [0.15, 0.2) is 24.3 Å². The summed E-state index contributed by atoms with van der Waals surface area (Å²) in [5, 5.41) is 0. The zero-order valence-corrected chi connectivity index (χ0v) is 12.8. The average Bonchev–Trinajstić information content (AvgIpc) is 2.48. The molecule has 1 amide bonds. The second kappa shape index (κ2) is 8.59. The summed E-state index contributed by atoms with van der Waals surface area (Å²) < 4.78 is 5.37. The van der Waals surface area contributed by atoms with E-state index in [0.29, 0.717) is 13.1 Å². The minimum absolute atomic E-state index is 0.0164. The van der Waals surface area contributed by atoms with Gasteiger partial charge in [-0.25, -0.2) is 0 Å². The summed E-state index contributed by atoms with van der Waals surface area (Å²) in [6.45, 7) is 5.28. The van der Waals surface area contributed by atoms with E-state index < -0.39 is 0 Å². The van der Waals surface area contributed by atoms with E-state index in [1.54, 1.807) is 7.11 Å². The number of nitrogens with zero attached hydrogens (tertiary/aromatic N) is 1. The van der Waals surface area contributed by atoms with Crippen LogP contribution in [0.4, 0.5) is 5.69 Å². The third-order valence-corrected chi connectivity index (χ3v) is 3.37. The van der Waals surface area contributed by atoms with Crippen molar-refractivity contribution in [2.45, 2.75) is 33.1 Å². The molecule has 0 spiro atoms. The van der Waals surface area contributed by atoms with Crippen molar-refractivity contribution in [2.75, 3.05) is 25.1 Å². The smallest absolute Gasteiger partial charge is 0.229 e. The van der Waals surface area contributed by atoms with Gasteiger partial charge in [-0.05, 0) is 31.5 Å². The summed E-state index contributed by atoms with van der Waals surface area (Å²) in [7, 11) is 1.62. The number of ether oxygens (including phenoxy) is 1. The van der Waals surface area contributed by atoms with Gasteiger partial charge in [0.1, 0.15) is 5.75 Å².